The number of nitrogens with one attached hydrogen (secondary N) is 1. The molecular weight excluding hydrogens is 314 g/mol. The molecule has 0 aliphatic heterocycles. The second-order valence-electron chi connectivity index (χ2n) is 7.19. The number of nitrogens with zero attached hydrogens (tertiary/aromatic N) is 2. The Hall–Kier alpha value is -2.14. The van der Waals surface area contributed by atoms with Crippen LogP contribution in [0.4, 0.5) is 5.82 Å². The third kappa shape index (κ3) is 4.10. The lowest BCUT2D eigenvalue weighted by molar-refractivity contribution is -0.120. The van der Waals surface area contributed by atoms with Crippen LogP contribution in [0.15, 0.2) is 36.4 Å². The predicted octanol–water partition coefficient (Wildman–Crippen LogP) is 3.90. The van der Waals surface area contributed by atoms with Crippen molar-refractivity contribution in [1.29, 1.82) is 0 Å². The largest absolute Gasteiger partial charge is 0.371 e. The van der Waals surface area contributed by atoms with Crippen LogP contribution in [0.5, 0.6) is 0 Å². The summed E-state index contributed by atoms with van der Waals surface area (Å²) in [6.45, 7) is 0.800. The van der Waals surface area contributed by atoms with Crippen LogP contribution >= 0.6 is 0 Å². The topological polar surface area (TPSA) is 56.1 Å². The van der Waals surface area contributed by atoms with Crippen LogP contribution in [0.2, 0.25) is 0 Å². The minimum atomic E-state index is -0.115. The van der Waals surface area contributed by atoms with Gasteiger partial charge in [0.15, 0.2) is 0 Å². The molecule has 2 aliphatic rings. The summed E-state index contributed by atoms with van der Waals surface area (Å²) >= 11 is 0. The number of anilines is 1. The van der Waals surface area contributed by atoms with Gasteiger partial charge in [0.1, 0.15) is 12.4 Å². The molecule has 25 heavy (non-hydrogen) atoms. The first-order valence-electron chi connectivity index (χ1n) is 9.32. The Bertz CT molecular complexity index is 716. The number of hydrogen-bond donors (Lipinski definition) is 1. The molecule has 0 radical (unpaired) electrons. The predicted molar refractivity (Wildman–Crippen MR) is 96.9 cm³/mol. The number of rotatable bonds is 7. The minimum Gasteiger partial charge on any atom is -0.371 e. The molecule has 0 spiro atoms. The third-order valence-electron chi connectivity index (χ3n) is 5.05. The van der Waals surface area contributed by atoms with Crippen LogP contribution in [0.1, 0.15) is 50.1 Å². The molecule has 0 unspecified atom stereocenters. The zero-order valence-corrected chi connectivity index (χ0v) is 14.5. The summed E-state index contributed by atoms with van der Waals surface area (Å²) in [7, 11) is 0. The van der Waals surface area contributed by atoms with Gasteiger partial charge in [-0.25, -0.2) is 4.68 Å². The molecule has 1 N–H and O–H groups in total. The van der Waals surface area contributed by atoms with Gasteiger partial charge in [0, 0.05) is 12.0 Å². The Kier molecular flexibility index (Phi) is 4.83. The number of aromatic nitrogens is 2. The number of ether oxygens (including phenoxy) is 1. The van der Waals surface area contributed by atoms with Crippen molar-refractivity contribution in [3.8, 4) is 5.69 Å². The highest BCUT2D eigenvalue weighted by Crippen LogP contribution is 2.35. The maximum atomic E-state index is 12.3. The number of carbonyl (C=O) groups excluding carboxylic acids is 1. The molecule has 2 fully saturated rings. The highest BCUT2D eigenvalue weighted by molar-refractivity contribution is 5.91. The number of carbonyl (C=O) groups is 1. The summed E-state index contributed by atoms with van der Waals surface area (Å²) in [5.74, 6) is 1.78. The standard InChI is InChI=1S/C20H25N3O2/c24-20(14-25-13-15-10-11-15)21-19-12-18(16-6-4-5-7-16)22-23(19)17-8-2-1-3-9-17/h1-3,8-9,12,15-16H,4-7,10-11,13-14H2,(H,21,24). The summed E-state index contributed by atoms with van der Waals surface area (Å²) in [4.78, 5) is 12.3. The molecular formula is C20H25N3O2. The molecule has 0 saturated heterocycles. The SMILES string of the molecule is O=C(COCC1CC1)Nc1cc(C2CCCC2)nn1-c1ccccc1. The van der Waals surface area contributed by atoms with E-state index in [1.54, 1.807) is 0 Å². The van der Waals surface area contributed by atoms with Gasteiger partial charge in [0.25, 0.3) is 5.91 Å². The quantitative estimate of drug-likeness (QED) is 0.832. The lowest BCUT2D eigenvalue weighted by Gasteiger charge is -2.09. The number of hydrogen-bond acceptors (Lipinski definition) is 3. The molecule has 5 heteroatoms. The smallest absolute Gasteiger partial charge is 0.251 e. The van der Waals surface area contributed by atoms with Crippen LogP contribution in [0.25, 0.3) is 5.69 Å². The summed E-state index contributed by atoms with van der Waals surface area (Å²) in [5, 5.41) is 7.78. The average molecular weight is 339 g/mol. The van der Waals surface area contributed by atoms with Crippen molar-refractivity contribution in [2.24, 2.45) is 5.92 Å². The number of benzene rings is 1. The monoisotopic (exact) mass is 339 g/mol. The van der Waals surface area contributed by atoms with Crippen molar-refractivity contribution >= 4 is 11.7 Å². The maximum absolute atomic E-state index is 12.3. The summed E-state index contributed by atoms with van der Waals surface area (Å²) in [5.41, 5.74) is 2.04. The van der Waals surface area contributed by atoms with Gasteiger partial charge < -0.3 is 10.1 Å². The minimum absolute atomic E-state index is 0.106. The lowest BCUT2D eigenvalue weighted by Crippen LogP contribution is -2.20. The van der Waals surface area contributed by atoms with E-state index < -0.39 is 0 Å². The summed E-state index contributed by atoms with van der Waals surface area (Å²) in [6, 6.07) is 12.0. The summed E-state index contributed by atoms with van der Waals surface area (Å²) in [6.07, 6.45) is 7.35. The molecule has 2 aliphatic carbocycles. The zero-order valence-electron chi connectivity index (χ0n) is 14.5. The second kappa shape index (κ2) is 7.40. The van der Waals surface area contributed by atoms with Crippen molar-refractivity contribution in [3.05, 3.63) is 42.1 Å². The Balaban J connectivity index is 1.50. The van der Waals surface area contributed by atoms with E-state index in [2.05, 4.69) is 5.32 Å². The van der Waals surface area contributed by atoms with Gasteiger partial charge in [-0.1, -0.05) is 31.0 Å². The molecule has 1 amide bonds. The van der Waals surface area contributed by atoms with Crippen molar-refractivity contribution in [3.63, 3.8) is 0 Å². The van der Waals surface area contributed by atoms with Gasteiger partial charge in [0.05, 0.1) is 18.0 Å². The first kappa shape index (κ1) is 16.3. The highest BCUT2D eigenvalue weighted by Gasteiger charge is 2.23. The van der Waals surface area contributed by atoms with E-state index in [4.69, 9.17) is 9.84 Å². The van der Waals surface area contributed by atoms with E-state index in [0.717, 1.165) is 17.2 Å². The first-order valence-corrected chi connectivity index (χ1v) is 9.32. The fourth-order valence-electron chi connectivity index (χ4n) is 3.46. The molecule has 2 aromatic rings. The van der Waals surface area contributed by atoms with Crippen molar-refractivity contribution in [2.75, 3.05) is 18.5 Å². The third-order valence-corrected chi connectivity index (χ3v) is 5.05. The lowest BCUT2D eigenvalue weighted by atomic mass is 10.0. The molecule has 0 bridgehead atoms. The van der Waals surface area contributed by atoms with E-state index >= 15 is 0 Å². The molecule has 1 aromatic heterocycles. The van der Waals surface area contributed by atoms with Crippen molar-refractivity contribution in [1.82, 2.24) is 9.78 Å². The molecule has 1 heterocycles. The van der Waals surface area contributed by atoms with E-state index in [1.165, 1.54) is 38.5 Å². The molecule has 132 valence electrons. The Morgan fingerprint density at radius 2 is 1.92 bits per heavy atom. The van der Waals surface area contributed by atoms with E-state index in [0.29, 0.717) is 18.4 Å². The Labute approximate surface area is 148 Å². The van der Waals surface area contributed by atoms with E-state index in [1.807, 2.05) is 41.1 Å². The number of para-hydroxylation sites is 1. The molecule has 1 aromatic carbocycles. The van der Waals surface area contributed by atoms with Gasteiger partial charge in [-0.3, -0.25) is 4.79 Å². The van der Waals surface area contributed by atoms with Gasteiger partial charge in [-0.05, 0) is 43.7 Å². The van der Waals surface area contributed by atoms with Crippen LogP contribution in [0, 0.1) is 5.92 Å². The van der Waals surface area contributed by atoms with Gasteiger partial charge in [-0.15, -0.1) is 0 Å². The molecule has 2 saturated carbocycles. The van der Waals surface area contributed by atoms with Crippen LogP contribution in [-0.2, 0) is 9.53 Å². The Morgan fingerprint density at radius 3 is 2.64 bits per heavy atom. The molecule has 4 rings (SSSR count). The maximum Gasteiger partial charge on any atom is 0.251 e. The number of amides is 1. The fourth-order valence-corrected chi connectivity index (χ4v) is 3.46. The van der Waals surface area contributed by atoms with Crippen molar-refractivity contribution < 1.29 is 9.53 Å². The van der Waals surface area contributed by atoms with Gasteiger partial charge in [-0.2, -0.15) is 5.10 Å². The fraction of sp³-hybridized carbons (Fsp3) is 0.500. The molecule has 0 atom stereocenters. The van der Waals surface area contributed by atoms with Gasteiger partial charge in [0.2, 0.25) is 0 Å². The van der Waals surface area contributed by atoms with Gasteiger partial charge >= 0.3 is 0 Å². The van der Waals surface area contributed by atoms with E-state index in [9.17, 15) is 4.79 Å². The Morgan fingerprint density at radius 1 is 1.16 bits per heavy atom. The van der Waals surface area contributed by atoms with Crippen molar-refractivity contribution in [2.45, 2.75) is 44.4 Å². The van der Waals surface area contributed by atoms with E-state index in [-0.39, 0.29) is 12.5 Å². The van der Waals surface area contributed by atoms with Crippen LogP contribution in [-0.4, -0.2) is 28.9 Å². The summed E-state index contributed by atoms with van der Waals surface area (Å²) < 4.78 is 7.34. The molecule has 5 nitrogen and oxygen atoms in total. The van der Waals surface area contributed by atoms with Crippen LogP contribution < -0.4 is 5.32 Å². The first-order chi connectivity index (χ1) is 12.3. The highest BCUT2D eigenvalue weighted by atomic mass is 16.5. The van der Waals surface area contributed by atoms with Crippen LogP contribution in [0.3, 0.4) is 0 Å². The normalized spacial score (nSPS) is 17.8. The average Bonchev–Trinajstić information content (AvgIpc) is 3.11. The second-order valence-corrected chi connectivity index (χ2v) is 7.19. The zero-order chi connectivity index (χ0) is 17.1.